The number of carbonyl (C=O) groups is 1. The lowest BCUT2D eigenvalue weighted by Crippen LogP contribution is -2.41. The van der Waals surface area contributed by atoms with Gasteiger partial charge in [-0.15, -0.1) is 0 Å². The van der Waals surface area contributed by atoms with E-state index in [1.54, 1.807) is 24.1 Å². The molecule has 1 N–H and O–H groups in total. The van der Waals surface area contributed by atoms with Gasteiger partial charge in [0.1, 0.15) is 11.6 Å². The molecule has 0 aliphatic carbocycles. The molecule has 1 aliphatic rings. The Hall–Kier alpha value is -3.42. The van der Waals surface area contributed by atoms with Crippen LogP contribution in [-0.4, -0.2) is 41.3 Å². The van der Waals surface area contributed by atoms with Crippen molar-refractivity contribution in [3.05, 3.63) is 60.2 Å². The van der Waals surface area contributed by atoms with E-state index in [4.69, 9.17) is 9.26 Å². The van der Waals surface area contributed by atoms with Crippen LogP contribution in [0.25, 0.3) is 11.4 Å². The van der Waals surface area contributed by atoms with E-state index in [9.17, 15) is 9.18 Å². The normalized spacial score (nSPS) is 16.5. The molecular weight excluding hydrogens is 375 g/mol. The van der Waals surface area contributed by atoms with Gasteiger partial charge in [-0.05, 0) is 43.2 Å². The van der Waals surface area contributed by atoms with Crippen molar-refractivity contribution in [2.45, 2.75) is 18.8 Å². The van der Waals surface area contributed by atoms with Crippen molar-refractivity contribution in [2.24, 2.45) is 0 Å². The SMILES string of the molecule is COc1cccc(-c2noc([C@H]3CCCN(C(=O)Nc4cccc(F)c4)C3)n2)c1. The first-order valence-corrected chi connectivity index (χ1v) is 9.42. The molecule has 0 radical (unpaired) electrons. The van der Waals surface area contributed by atoms with Crippen molar-refractivity contribution < 1.29 is 18.4 Å². The van der Waals surface area contributed by atoms with Gasteiger partial charge in [-0.25, -0.2) is 9.18 Å². The van der Waals surface area contributed by atoms with E-state index in [1.807, 2.05) is 24.3 Å². The van der Waals surface area contributed by atoms with Gasteiger partial charge < -0.3 is 19.5 Å². The minimum absolute atomic E-state index is 0.0473. The predicted octanol–water partition coefficient (Wildman–Crippen LogP) is 4.30. The van der Waals surface area contributed by atoms with Crippen molar-refractivity contribution in [2.75, 3.05) is 25.5 Å². The third kappa shape index (κ3) is 4.37. The Morgan fingerprint density at radius 3 is 2.97 bits per heavy atom. The van der Waals surface area contributed by atoms with E-state index in [2.05, 4.69) is 15.5 Å². The van der Waals surface area contributed by atoms with Crippen LogP contribution in [0.5, 0.6) is 5.75 Å². The van der Waals surface area contributed by atoms with E-state index < -0.39 is 5.82 Å². The molecule has 2 amide bonds. The number of urea groups is 1. The molecule has 7 nitrogen and oxygen atoms in total. The molecule has 29 heavy (non-hydrogen) atoms. The Morgan fingerprint density at radius 2 is 2.14 bits per heavy atom. The second kappa shape index (κ2) is 8.30. The number of rotatable bonds is 4. The van der Waals surface area contributed by atoms with Gasteiger partial charge in [0.25, 0.3) is 0 Å². The van der Waals surface area contributed by atoms with E-state index in [0.29, 0.717) is 36.2 Å². The Labute approximate surface area is 167 Å². The zero-order chi connectivity index (χ0) is 20.2. The monoisotopic (exact) mass is 396 g/mol. The number of aromatic nitrogens is 2. The first-order chi connectivity index (χ1) is 14.1. The van der Waals surface area contributed by atoms with Crippen LogP contribution in [0.4, 0.5) is 14.9 Å². The van der Waals surface area contributed by atoms with Crippen LogP contribution in [0.3, 0.4) is 0 Å². The van der Waals surface area contributed by atoms with Gasteiger partial charge in [0.15, 0.2) is 0 Å². The van der Waals surface area contributed by atoms with E-state index in [-0.39, 0.29) is 11.9 Å². The lowest BCUT2D eigenvalue weighted by molar-refractivity contribution is 0.184. The number of carbonyl (C=O) groups excluding carboxylic acids is 1. The number of piperidine rings is 1. The quantitative estimate of drug-likeness (QED) is 0.711. The fourth-order valence-corrected chi connectivity index (χ4v) is 3.41. The maximum absolute atomic E-state index is 13.3. The summed E-state index contributed by atoms with van der Waals surface area (Å²) in [4.78, 5) is 18.8. The summed E-state index contributed by atoms with van der Waals surface area (Å²) in [6.07, 6.45) is 1.67. The molecule has 1 fully saturated rings. The molecule has 8 heteroatoms. The first kappa shape index (κ1) is 18.9. The number of benzene rings is 2. The summed E-state index contributed by atoms with van der Waals surface area (Å²) in [7, 11) is 1.60. The van der Waals surface area contributed by atoms with Crippen molar-refractivity contribution in [3.8, 4) is 17.1 Å². The maximum Gasteiger partial charge on any atom is 0.321 e. The molecule has 0 saturated carbocycles. The number of amides is 2. The van der Waals surface area contributed by atoms with Crippen LogP contribution >= 0.6 is 0 Å². The highest BCUT2D eigenvalue weighted by atomic mass is 19.1. The molecule has 2 heterocycles. The lowest BCUT2D eigenvalue weighted by atomic mass is 9.98. The summed E-state index contributed by atoms with van der Waals surface area (Å²) in [5.41, 5.74) is 1.23. The van der Waals surface area contributed by atoms with Crippen LogP contribution in [0, 0.1) is 5.82 Å². The summed E-state index contributed by atoms with van der Waals surface area (Å²) >= 11 is 0. The fourth-order valence-electron chi connectivity index (χ4n) is 3.41. The van der Waals surface area contributed by atoms with Crippen molar-refractivity contribution in [3.63, 3.8) is 0 Å². The van der Waals surface area contributed by atoms with Gasteiger partial charge >= 0.3 is 6.03 Å². The third-order valence-corrected chi connectivity index (χ3v) is 4.90. The number of anilines is 1. The molecule has 3 aromatic rings. The largest absolute Gasteiger partial charge is 0.497 e. The van der Waals surface area contributed by atoms with Crippen molar-refractivity contribution in [1.82, 2.24) is 15.0 Å². The van der Waals surface area contributed by atoms with Gasteiger partial charge in [0.2, 0.25) is 11.7 Å². The highest BCUT2D eigenvalue weighted by molar-refractivity contribution is 5.89. The molecule has 1 aromatic heterocycles. The number of nitrogens with one attached hydrogen (secondary N) is 1. The Kier molecular flexibility index (Phi) is 5.41. The Balaban J connectivity index is 1.44. The summed E-state index contributed by atoms with van der Waals surface area (Å²) in [5, 5.41) is 6.82. The first-order valence-electron chi connectivity index (χ1n) is 9.42. The molecule has 1 saturated heterocycles. The molecule has 0 unspecified atom stereocenters. The molecule has 0 bridgehead atoms. The molecular formula is C21H21FN4O3. The van der Waals surface area contributed by atoms with Crippen LogP contribution in [0.1, 0.15) is 24.7 Å². The van der Waals surface area contributed by atoms with E-state index in [0.717, 1.165) is 18.4 Å². The standard InChI is InChI=1S/C21H21FN4O3/c1-28-18-9-2-5-14(11-18)19-24-20(29-25-19)15-6-4-10-26(13-15)21(27)23-17-8-3-7-16(22)12-17/h2-3,5,7-9,11-12,15H,4,6,10,13H2,1H3,(H,23,27)/t15-/m0/s1. The van der Waals surface area contributed by atoms with Gasteiger partial charge in [0, 0.05) is 24.3 Å². The van der Waals surface area contributed by atoms with Gasteiger partial charge in [-0.2, -0.15) is 4.98 Å². The summed E-state index contributed by atoms with van der Waals surface area (Å²) < 4.78 is 24.1. The van der Waals surface area contributed by atoms with Crippen LogP contribution in [0.15, 0.2) is 53.1 Å². The Morgan fingerprint density at radius 1 is 1.28 bits per heavy atom. The zero-order valence-electron chi connectivity index (χ0n) is 16.0. The van der Waals surface area contributed by atoms with E-state index >= 15 is 0 Å². The van der Waals surface area contributed by atoms with Crippen molar-refractivity contribution >= 4 is 11.7 Å². The molecule has 4 rings (SSSR count). The predicted molar refractivity (Wildman–Crippen MR) is 105 cm³/mol. The smallest absolute Gasteiger partial charge is 0.321 e. The van der Waals surface area contributed by atoms with Gasteiger partial charge in [0.05, 0.1) is 13.0 Å². The number of hydrogen-bond acceptors (Lipinski definition) is 5. The molecule has 2 aromatic carbocycles. The topological polar surface area (TPSA) is 80.5 Å². The third-order valence-electron chi connectivity index (χ3n) is 4.90. The number of ether oxygens (including phenoxy) is 1. The molecule has 1 aliphatic heterocycles. The van der Waals surface area contributed by atoms with Crippen molar-refractivity contribution in [1.29, 1.82) is 0 Å². The fraction of sp³-hybridized carbons (Fsp3) is 0.286. The average molecular weight is 396 g/mol. The Bertz CT molecular complexity index is 1010. The van der Waals surface area contributed by atoms with Crippen LogP contribution < -0.4 is 10.1 Å². The second-order valence-corrected chi connectivity index (χ2v) is 6.91. The molecule has 1 atom stereocenters. The highest BCUT2D eigenvalue weighted by Crippen LogP contribution is 2.29. The number of methoxy groups -OCH3 is 1. The van der Waals surface area contributed by atoms with Crippen LogP contribution in [-0.2, 0) is 0 Å². The zero-order valence-corrected chi connectivity index (χ0v) is 16.0. The second-order valence-electron chi connectivity index (χ2n) is 6.91. The van der Waals surface area contributed by atoms with Gasteiger partial charge in [-0.1, -0.05) is 23.4 Å². The molecule has 150 valence electrons. The van der Waals surface area contributed by atoms with Crippen LogP contribution in [0.2, 0.25) is 0 Å². The summed E-state index contributed by atoms with van der Waals surface area (Å²) in [6, 6.07) is 13.0. The van der Waals surface area contributed by atoms with E-state index in [1.165, 1.54) is 12.1 Å². The minimum atomic E-state index is -0.393. The maximum atomic E-state index is 13.3. The minimum Gasteiger partial charge on any atom is -0.497 e. The number of hydrogen-bond donors (Lipinski definition) is 1. The number of halogens is 1. The summed E-state index contributed by atoms with van der Waals surface area (Å²) in [5.74, 6) is 1.27. The van der Waals surface area contributed by atoms with Gasteiger partial charge in [-0.3, -0.25) is 0 Å². The number of nitrogens with zero attached hydrogens (tertiary/aromatic N) is 3. The highest BCUT2D eigenvalue weighted by Gasteiger charge is 2.29. The molecule has 0 spiro atoms. The number of likely N-dealkylation sites (tertiary alicyclic amines) is 1. The summed E-state index contributed by atoms with van der Waals surface area (Å²) in [6.45, 7) is 1.08. The average Bonchev–Trinajstić information content (AvgIpc) is 3.24. The lowest BCUT2D eigenvalue weighted by Gasteiger charge is -2.31.